The van der Waals surface area contributed by atoms with Crippen molar-refractivity contribution in [3.63, 3.8) is 0 Å². The standard InChI is InChI=1S/C23H29N5O5.C19H30N2O3.C12H15NO3.C12H17NO.C7H14BrNO2.C7H7NO3.C5H9Br.C4H3N3O4/c1-13-11-15-16(12-17(13)32-14-7-5-6-8-14)28(10-9-24-22(31)33-23(2,3)4)19-18(25-15)20(29)27-21(30)26-19;1-14-9-10-15(13-17(14)23-16-7-5-6-8-16)20-11-12-21-18(22)24-19(2,3)4;1-9-6-7-10(13(14)15)8-12(9)16-11-4-2-3-5-11;1-9-6-7-10(13)8-12(9)14-11-4-2-3-5-11;1-7(2,3)11-6(10)9-5-4-8;1-5-2-3-6(8(10)11)4-7(5)9;6-5-3-1-2-4-5;8-2-1(7-11)3(9)6-4(10)5-2/h11-12,14H,5-10H2,1-4H3,(H,24,31)(H,27,29,30);9-10,13,16,20H,5-8,11-12H2,1-4H3,(H,21,22);6-8,11H,2-5H2,1H3;6-8,11H,2-5,13H2,1H3;4-5H2,1-3H3,(H,9,10);2-4,9H,1H3;5H,1-4H2;(H3,5,6,8,9,10). The Hall–Kier alpha value is -11.4. The SMILES string of the molecule is BrC1CCCC1.CC(C)(C)OC(=O)NCCBr.Cc1cc2nc3c(=O)[nH]c(=O)nc-3n(CCNC(=O)OC(C)(C)C)c2cc1OC1CCCC1.Cc1ccc(N)cc1OC1CCCC1.Cc1ccc(NCCNC(=O)OC(C)(C)C)cc1OC1CCCC1.Cc1ccc([N+](=O)[O-])cc1O.Cc1ccc([N+](=O)[O-])cc1OC1CCCC1.O=Nc1c(O)[nH]c(=O)[nH]c1=O. The number of carbonyl (C=O) groups excluding carboxylic acids is 3. The van der Waals surface area contributed by atoms with Crippen LogP contribution in [-0.4, -0.2) is 145 Å². The monoisotopic (exact) mass is 1880 g/mol. The minimum atomic E-state index is -1.01. The minimum Gasteiger partial charge on any atom is -0.507 e. The van der Waals surface area contributed by atoms with Crippen LogP contribution in [0.1, 0.15) is 219 Å². The number of hydrogen-bond donors (Lipinski definition) is 10. The molecule has 2 aliphatic heterocycles. The predicted octanol–water partition coefficient (Wildman–Crippen LogP) is 18.1. The molecule has 6 aromatic rings. The van der Waals surface area contributed by atoms with Crippen LogP contribution in [0.5, 0.6) is 34.6 Å². The molecule has 690 valence electrons. The number of nitrogens with two attached hydrogens (primary N) is 1. The third kappa shape index (κ3) is 37.4. The second kappa shape index (κ2) is 50.7. The Morgan fingerprint density at radius 1 is 0.524 bits per heavy atom. The molecule has 11 N–H and O–H groups in total. The third-order valence-electron chi connectivity index (χ3n) is 19.6. The van der Waals surface area contributed by atoms with Crippen molar-refractivity contribution >= 4 is 89.6 Å². The van der Waals surface area contributed by atoms with Crippen molar-refractivity contribution in [2.24, 2.45) is 5.18 Å². The molecule has 35 nitrogen and oxygen atoms in total. The first-order valence-corrected chi connectivity index (χ1v) is 44.5. The van der Waals surface area contributed by atoms with Gasteiger partial charge in [-0.25, -0.2) is 29.0 Å². The molecular formula is C89H124Br2N14O21. The lowest BCUT2D eigenvalue weighted by atomic mass is 10.1. The maximum Gasteiger partial charge on any atom is 0.407 e. The number of fused-ring (bicyclic) bond motifs is 2. The van der Waals surface area contributed by atoms with E-state index in [1.54, 1.807) is 48.3 Å². The number of non-ortho nitro benzene ring substituents is 2. The number of halogens is 2. The number of H-pyrrole nitrogens is 3. The second-order valence-corrected chi connectivity index (χ2v) is 36.0. The highest BCUT2D eigenvalue weighted by molar-refractivity contribution is 9.09. The molecule has 5 fully saturated rings. The van der Waals surface area contributed by atoms with Crippen LogP contribution in [0.2, 0.25) is 0 Å². The van der Waals surface area contributed by atoms with Gasteiger partial charge in [0.25, 0.3) is 22.5 Å². The Bertz CT molecular complexity index is 5090. The number of anilines is 2. The van der Waals surface area contributed by atoms with E-state index in [0.717, 1.165) is 113 Å². The number of hydrogen-bond acceptors (Lipinski definition) is 26. The number of phenolic OH excluding ortho intramolecular Hbond substituents is 1. The average molecular weight is 1890 g/mol. The zero-order chi connectivity index (χ0) is 93.0. The molecule has 5 aromatic carbocycles. The summed E-state index contributed by atoms with van der Waals surface area (Å²) in [5, 5.41) is 52.8. The number of aromatic hydroxyl groups is 2. The number of phenols is 1. The van der Waals surface area contributed by atoms with E-state index in [0.29, 0.717) is 54.2 Å². The number of carbonyl (C=O) groups is 3. The Balaban J connectivity index is 0.000000234. The molecule has 0 atom stereocenters. The maximum atomic E-state index is 12.4. The number of alkyl halides is 2. The van der Waals surface area contributed by atoms with Crippen LogP contribution in [0.15, 0.2) is 109 Å². The van der Waals surface area contributed by atoms with Crippen molar-refractivity contribution in [1.82, 2.24) is 45.4 Å². The lowest BCUT2D eigenvalue weighted by Gasteiger charge is -2.21. The van der Waals surface area contributed by atoms with Crippen molar-refractivity contribution < 1.29 is 67.6 Å². The number of aryl methyl sites for hydroxylation is 5. The van der Waals surface area contributed by atoms with E-state index in [1.165, 1.54) is 107 Å². The van der Waals surface area contributed by atoms with Crippen molar-refractivity contribution in [3.05, 3.63) is 180 Å². The quantitative estimate of drug-likeness (QED) is 0.00495. The van der Waals surface area contributed by atoms with E-state index in [2.05, 4.69) is 93.2 Å². The second-order valence-electron chi connectivity index (χ2n) is 33.9. The van der Waals surface area contributed by atoms with Gasteiger partial charge in [0.2, 0.25) is 11.6 Å². The number of nitro groups is 2. The Kier molecular flexibility index (Phi) is 41.6. The molecule has 37 heteroatoms. The van der Waals surface area contributed by atoms with Crippen molar-refractivity contribution in [2.45, 2.75) is 278 Å². The number of nitrogen functional groups attached to an aromatic ring is 1. The minimum absolute atomic E-state index is 0.0424. The normalized spacial score (nSPS) is 14.5. The highest BCUT2D eigenvalue weighted by Crippen LogP contribution is 2.35. The smallest absolute Gasteiger partial charge is 0.407 e. The fourth-order valence-electron chi connectivity index (χ4n) is 13.3. The lowest BCUT2D eigenvalue weighted by molar-refractivity contribution is -0.385. The van der Waals surface area contributed by atoms with E-state index in [-0.39, 0.29) is 65.0 Å². The third-order valence-corrected chi connectivity index (χ3v) is 21.0. The highest BCUT2D eigenvalue weighted by Gasteiger charge is 2.27. The predicted molar refractivity (Wildman–Crippen MR) is 492 cm³/mol. The van der Waals surface area contributed by atoms with Gasteiger partial charge in [-0.2, -0.15) is 4.98 Å². The molecule has 5 aliphatic carbocycles. The van der Waals surface area contributed by atoms with Gasteiger partial charge in [-0.3, -0.25) is 44.8 Å². The summed E-state index contributed by atoms with van der Waals surface area (Å²) < 4.78 is 41.2. The zero-order valence-corrected chi connectivity index (χ0v) is 77.7. The van der Waals surface area contributed by atoms with Gasteiger partial charge >= 0.3 is 29.7 Å². The molecule has 7 aliphatic rings. The summed E-state index contributed by atoms with van der Waals surface area (Å²) in [5.74, 6) is 2.58. The van der Waals surface area contributed by atoms with E-state index >= 15 is 0 Å². The van der Waals surface area contributed by atoms with Crippen LogP contribution < -0.4 is 68.4 Å². The number of nitro benzene ring substituents is 2. The van der Waals surface area contributed by atoms with Crippen molar-refractivity contribution in [3.8, 4) is 46.1 Å². The number of rotatable bonds is 20. The number of alkyl carbamates (subject to hydrolysis) is 3. The number of ether oxygens (including phenoxy) is 7. The van der Waals surface area contributed by atoms with Gasteiger partial charge in [-0.05, 0) is 276 Å². The Morgan fingerprint density at radius 3 is 1.38 bits per heavy atom. The molecule has 13 rings (SSSR count). The number of aromatic nitrogens is 6. The van der Waals surface area contributed by atoms with Gasteiger partial charge in [0.1, 0.15) is 45.6 Å². The van der Waals surface area contributed by atoms with E-state index in [4.69, 9.17) is 49.1 Å². The summed E-state index contributed by atoms with van der Waals surface area (Å²) in [5.41, 5.74) is 8.13. The molecule has 1 aromatic heterocycles. The maximum absolute atomic E-state index is 12.4. The van der Waals surface area contributed by atoms with Gasteiger partial charge in [-0.1, -0.05) is 56.8 Å². The van der Waals surface area contributed by atoms with Crippen LogP contribution in [0.3, 0.4) is 0 Å². The molecule has 0 unspecified atom stereocenters. The molecule has 0 saturated heterocycles. The Labute approximate surface area is 749 Å². The molecular weight excluding hydrogens is 1760 g/mol. The van der Waals surface area contributed by atoms with Crippen LogP contribution in [0.4, 0.5) is 42.8 Å². The number of amides is 3. The molecule has 0 bridgehead atoms. The molecule has 126 heavy (non-hydrogen) atoms. The number of nitrogens with zero attached hydrogens (tertiary/aromatic N) is 6. The summed E-state index contributed by atoms with van der Waals surface area (Å²) in [6, 6.07) is 24.5. The van der Waals surface area contributed by atoms with Crippen molar-refractivity contribution in [1.29, 1.82) is 0 Å². The first-order chi connectivity index (χ1) is 59.5. The fourth-order valence-corrected chi connectivity index (χ4v) is 14.2. The van der Waals surface area contributed by atoms with Gasteiger partial charge in [0.15, 0.2) is 11.5 Å². The number of nitrogens with one attached hydrogen (secondary N) is 7. The van der Waals surface area contributed by atoms with Gasteiger partial charge in [0.05, 0.1) is 57.4 Å². The summed E-state index contributed by atoms with van der Waals surface area (Å²) >= 11 is 6.73. The molecule has 5 saturated carbocycles. The average Bonchev–Trinajstić information content (AvgIpc) is 1.07. The van der Waals surface area contributed by atoms with Gasteiger partial charge in [-0.15, -0.1) is 4.91 Å². The summed E-state index contributed by atoms with van der Waals surface area (Å²) in [6.45, 7) is 28.2. The van der Waals surface area contributed by atoms with E-state index in [9.17, 15) is 58.7 Å². The molecule has 3 heterocycles. The van der Waals surface area contributed by atoms with E-state index in [1.807, 2.05) is 97.9 Å². The van der Waals surface area contributed by atoms with Crippen molar-refractivity contribution in [2.75, 3.05) is 42.6 Å². The molecule has 0 spiro atoms. The zero-order valence-electron chi connectivity index (χ0n) is 74.5. The van der Waals surface area contributed by atoms with Crippen LogP contribution in [0, 0.1) is 59.8 Å². The van der Waals surface area contributed by atoms with Gasteiger partial charge in [0, 0.05) is 84.6 Å². The lowest BCUT2D eigenvalue weighted by Crippen LogP contribution is -2.35. The van der Waals surface area contributed by atoms with Gasteiger partial charge < -0.3 is 74.9 Å². The topological polar surface area (TPSA) is 492 Å². The highest BCUT2D eigenvalue weighted by atomic mass is 79.9. The largest absolute Gasteiger partial charge is 0.507 e. The molecule has 0 radical (unpaired) electrons. The first-order valence-electron chi connectivity index (χ1n) is 42.5. The number of benzene rings is 5. The van der Waals surface area contributed by atoms with Crippen LogP contribution in [-0.2, 0) is 20.8 Å². The van der Waals surface area contributed by atoms with E-state index < -0.39 is 68.0 Å². The Morgan fingerprint density at radius 2 is 0.944 bits per heavy atom. The first kappa shape index (κ1) is 103. The summed E-state index contributed by atoms with van der Waals surface area (Å²) in [4.78, 5) is 125. The number of nitroso groups, excluding NO2 is 1. The summed E-state index contributed by atoms with van der Waals surface area (Å²) in [6.07, 6.45) is 24.2. The van der Waals surface area contributed by atoms with Crippen LogP contribution >= 0.6 is 31.9 Å². The van der Waals surface area contributed by atoms with Crippen LogP contribution in [0.25, 0.3) is 22.6 Å². The summed E-state index contributed by atoms with van der Waals surface area (Å²) in [7, 11) is 0. The molecule has 3 amide bonds. The number of aromatic amines is 3. The fraction of sp³-hybridized carbons (Fsp3) is 0.539.